The Balaban J connectivity index is 3.26. The summed E-state index contributed by atoms with van der Waals surface area (Å²) >= 11 is 0. The standard InChI is InChI=1S/C42H82O4/c1-3-4-5-6-7-8-9-10-11-13-18-21-24-27-30-33-36-39-42(45)46-40(2)37-34-31-28-25-22-19-16-14-12-15-17-20-23-26-29-32-35-38-41(43)44/h40H,3-39H2,1-2H3,(H,43,44). The summed E-state index contributed by atoms with van der Waals surface area (Å²) in [6.45, 7) is 4.36. The van der Waals surface area contributed by atoms with Crippen LogP contribution >= 0.6 is 0 Å². The molecule has 0 aliphatic carbocycles. The van der Waals surface area contributed by atoms with Crippen molar-refractivity contribution in [3.8, 4) is 0 Å². The lowest BCUT2D eigenvalue weighted by Crippen LogP contribution is -2.14. The maximum atomic E-state index is 12.2. The van der Waals surface area contributed by atoms with Gasteiger partial charge in [-0.1, -0.05) is 206 Å². The number of rotatable bonds is 39. The van der Waals surface area contributed by atoms with E-state index in [9.17, 15) is 9.59 Å². The van der Waals surface area contributed by atoms with Crippen molar-refractivity contribution in [2.24, 2.45) is 0 Å². The monoisotopic (exact) mass is 651 g/mol. The quantitative estimate of drug-likeness (QED) is 0.0531. The van der Waals surface area contributed by atoms with Crippen molar-refractivity contribution in [3.63, 3.8) is 0 Å². The van der Waals surface area contributed by atoms with Crippen molar-refractivity contribution in [1.29, 1.82) is 0 Å². The molecule has 4 heteroatoms. The van der Waals surface area contributed by atoms with Gasteiger partial charge in [0.15, 0.2) is 0 Å². The normalized spacial score (nSPS) is 12.0. The summed E-state index contributed by atoms with van der Waals surface area (Å²) in [4.78, 5) is 22.7. The second kappa shape index (κ2) is 38.4. The molecule has 0 aromatic rings. The van der Waals surface area contributed by atoms with Crippen LogP contribution in [-0.2, 0) is 14.3 Å². The molecule has 1 N–H and O–H groups in total. The topological polar surface area (TPSA) is 63.6 Å². The highest BCUT2D eigenvalue weighted by atomic mass is 16.5. The highest BCUT2D eigenvalue weighted by Gasteiger charge is 2.09. The average Bonchev–Trinajstić information content (AvgIpc) is 3.03. The summed E-state index contributed by atoms with van der Waals surface area (Å²) in [5.74, 6) is -0.648. The summed E-state index contributed by atoms with van der Waals surface area (Å²) in [5.41, 5.74) is 0. The van der Waals surface area contributed by atoms with E-state index in [0.29, 0.717) is 12.8 Å². The Morgan fingerprint density at radius 3 is 0.978 bits per heavy atom. The first-order valence-corrected chi connectivity index (χ1v) is 21.0. The van der Waals surface area contributed by atoms with Crippen LogP contribution in [0.1, 0.15) is 251 Å². The zero-order valence-electron chi connectivity index (χ0n) is 31.4. The van der Waals surface area contributed by atoms with Crippen LogP contribution in [0.4, 0.5) is 0 Å². The summed E-state index contributed by atoms with van der Waals surface area (Å²) in [5, 5.41) is 8.65. The largest absolute Gasteiger partial charge is 0.481 e. The Labute approximate surface area is 288 Å². The van der Waals surface area contributed by atoms with Crippen molar-refractivity contribution in [1.82, 2.24) is 0 Å². The fourth-order valence-corrected chi connectivity index (χ4v) is 6.70. The van der Waals surface area contributed by atoms with Crippen LogP contribution in [0.3, 0.4) is 0 Å². The molecule has 0 aromatic heterocycles. The van der Waals surface area contributed by atoms with Gasteiger partial charge in [0, 0.05) is 12.8 Å². The molecule has 4 nitrogen and oxygen atoms in total. The van der Waals surface area contributed by atoms with E-state index in [1.807, 2.05) is 0 Å². The van der Waals surface area contributed by atoms with Gasteiger partial charge in [0.2, 0.25) is 0 Å². The molecule has 0 spiro atoms. The first kappa shape index (κ1) is 44.9. The van der Waals surface area contributed by atoms with Gasteiger partial charge >= 0.3 is 11.9 Å². The van der Waals surface area contributed by atoms with E-state index in [0.717, 1.165) is 25.7 Å². The molecular formula is C42H82O4. The molecule has 0 aliphatic heterocycles. The van der Waals surface area contributed by atoms with E-state index >= 15 is 0 Å². The maximum Gasteiger partial charge on any atom is 0.306 e. The van der Waals surface area contributed by atoms with Crippen molar-refractivity contribution < 1.29 is 19.4 Å². The number of carbonyl (C=O) groups excluding carboxylic acids is 1. The van der Waals surface area contributed by atoms with E-state index in [-0.39, 0.29) is 12.1 Å². The minimum atomic E-state index is -0.661. The van der Waals surface area contributed by atoms with Gasteiger partial charge in [-0.3, -0.25) is 9.59 Å². The van der Waals surface area contributed by atoms with Crippen LogP contribution in [0.15, 0.2) is 0 Å². The Morgan fingerprint density at radius 2 is 0.674 bits per heavy atom. The lowest BCUT2D eigenvalue weighted by Gasteiger charge is -2.13. The van der Waals surface area contributed by atoms with Crippen molar-refractivity contribution in [2.75, 3.05) is 0 Å². The van der Waals surface area contributed by atoms with E-state index in [2.05, 4.69) is 13.8 Å². The highest BCUT2D eigenvalue weighted by Crippen LogP contribution is 2.17. The first-order valence-electron chi connectivity index (χ1n) is 21.0. The second-order valence-electron chi connectivity index (χ2n) is 14.7. The van der Waals surface area contributed by atoms with Crippen LogP contribution in [0.5, 0.6) is 0 Å². The molecule has 0 saturated heterocycles. The Hall–Kier alpha value is -1.06. The molecule has 0 fully saturated rings. The van der Waals surface area contributed by atoms with Crippen LogP contribution < -0.4 is 0 Å². The third-order valence-corrected chi connectivity index (χ3v) is 9.82. The Bertz CT molecular complexity index is 619. The number of carbonyl (C=O) groups is 2. The molecule has 274 valence electrons. The fourth-order valence-electron chi connectivity index (χ4n) is 6.70. The predicted octanol–water partition coefficient (Wildman–Crippen LogP) is 14.5. The van der Waals surface area contributed by atoms with E-state index in [1.165, 1.54) is 199 Å². The van der Waals surface area contributed by atoms with Crippen LogP contribution in [-0.4, -0.2) is 23.1 Å². The van der Waals surface area contributed by atoms with Gasteiger partial charge in [0.1, 0.15) is 0 Å². The first-order chi connectivity index (χ1) is 22.6. The van der Waals surface area contributed by atoms with Gasteiger partial charge in [0.25, 0.3) is 0 Å². The second-order valence-corrected chi connectivity index (χ2v) is 14.7. The fraction of sp³-hybridized carbons (Fsp3) is 0.952. The highest BCUT2D eigenvalue weighted by molar-refractivity contribution is 5.69. The van der Waals surface area contributed by atoms with E-state index < -0.39 is 5.97 Å². The zero-order valence-corrected chi connectivity index (χ0v) is 31.4. The van der Waals surface area contributed by atoms with Crippen LogP contribution in [0, 0.1) is 0 Å². The van der Waals surface area contributed by atoms with Crippen molar-refractivity contribution >= 4 is 11.9 Å². The maximum absolute atomic E-state index is 12.2. The number of hydrogen-bond donors (Lipinski definition) is 1. The predicted molar refractivity (Wildman–Crippen MR) is 200 cm³/mol. The van der Waals surface area contributed by atoms with Crippen molar-refractivity contribution in [3.05, 3.63) is 0 Å². The number of ether oxygens (including phenoxy) is 1. The molecule has 0 radical (unpaired) electrons. The van der Waals surface area contributed by atoms with Gasteiger partial charge in [0.05, 0.1) is 6.10 Å². The molecule has 0 rings (SSSR count). The molecule has 0 aromatic carbocycles. The van der Waals surface area contributed by atoms with Gasteiger partial charge < -0.3 is 9.84 Å². The minimum absolute atomic E-state index is 0.0124. The van der Waals surface area contributed by atoms with Crippen LogP contribution in [0.2, 0.25) is 0 Å². The molecule has 0 aliphatic rings. The minimum Gasteiger partial charge on any atom is -0.481 e. The van der Waals surface area contributed by atoms with Gasteiger partial charge in [-0.05, 0) is 32.6 Å². The molecule has 0 bridgehead atoms. The van der Waals surface area contributed by atoms with E-state index in [4.69, 9.17) is 9.84 Å². The van der Waals surface area contributed by atoms with Crippen LogP contribution in [0.25, 0.3) is 0 Å². The third kappa shape index (κ3) is 39.1. The Kier molecular flexibility index (Phi) is 37.5. The Morgan fingerprint density at radius 1 is 0.413 bits per heavy atom. The summed E-state index contributed by atoms with van der Waals surface area (Å²) in [7, 11) is 0. The third-order valence-electron chi connectivity index (χ3n) is 9.82. The molecular weight excluding hydrogens is 568 g/mol. The molecule has 0 heterocycles. The van der Waals surface area contributed by atoms with Gasteiger partial charge in [-0.25, -0.2) is 0 Å². The lowest BCUT2D eigenvalue weighted by atomic mass is 10.0. The van der Waals surface area contributed by atoms with Gasteiger partial charge in [-0.2, -0.15) is 0 Å². The van der Waals surface area contributed by atoms with E-state index in [1.54, 1.807) is 0 Å². The summed E-state index contributed by atoms with van der Waals surface area (Å²) in [6, 6.07) is 0. The zero-order chi connectivity index (χ0) is 33.6. The number of hydrogen-bond acceptors (Lipinski definition) is 3. The number of esters is 1. The number of carboxylic acids is 1. The molecule has 0 amide bonds. The smallest absolute Gasteiger partial charge is 0.306 e. The van der Waals surface area contributed by atoms with Crippen molar-refractivity contribution in [2.45, 2.75) is 258 Å². The molecule has 1 atom stereocenters. The molecule has 46 heavy (non-hydrogen) atoms. The SMILES string of the molecule is CCCCCCCCCCCCCCCCCCCC(=O)OC(C)CCCCCCCCCCCCCCCCCCCC(=O)O. The number of aliphatic carboxylic acids is 1. The summed E-state index contributed by atoms with van der Waals surface area (Å²) in [6.07, 6.45) is 47.0. The number of carboxylic acid groups (broad SMARTS) is 1. The lowest BCUT2D eigenvalue weighted by molar-refractivity contribution is -0.148. The number of unbranched alkanes of at least 4 members (excludes halogenated alkanes) is 32. The average molecular weight is 651 g/mol. The van der Waals surface area contributed by atoms with Gasteiger partial charge in [-0.15, -0.1) is 0 Å². The molecule has 0 saturated carbocycles. The molecule has 1 unspecified atom stereocenters. The summed E-state index contributed by atoms with van der Waals surface area (Å²) < 4.78 is 5.66.